The summed E-state index contributed by atoms with van der Waals surface area (Å²) in [4.78, 5) is 15.0. The van der Waals surface area contributed by atoms with Gasteiger partial charge in [-0.1, -0.05) is 11.8 Å². The third-order valence-corrected chi connectivity index (χ3v) is 2.43. The maximum atomic E-state index is 11.0. The van der Waals surface area contributed by atoms with Crippen molar-refractivity contribution in [1.82, 2.24) is 14.8 Å². The molecule has 1 aromatic rings. The molecular formula is C7H11N3O2S. The summed E-state index contributed by atoms with van der Waals surface area (Å²) in [5.74, 6) is 0.427. The van der Waals surface area contributed by atoms with E-state index in [0.717, 1.165) is 5.16 Å². The standard InChI is InChI=1S/C7H11N3O2S/c1-10-7(8-5-9-10)13-4-6(11)3-12-2/h5H,3-4H2,1-2H3. The first-order valence-corrected chi connectivity index (χ1v) is 4.70. The Balaban J connectivity index is 2.35. The monoisotopic (exact) mass is 201 g/mol. The largest absolute Gasteiger partial charge is 0.377 e. The number of thioether (sulfide) groups is 1. The average molecular weight is 201 g/mol. The van der Waals surface area contributed by atoms with Crippen molar-refractivity contribution in [1.29, 1.82) is 0 Å². The number of ether oxygens (including phenoxy) is 1. The van der Waals surface area contributed by atoms with E-state index in [9.17, 15) is 4.79 Å². The molecule has 0 saturated carbocycles. The normalized spacial score (nSPS) is 10.3. The van der Waals surface area contributed by atoms with Gasteiger partial charge in [0.1, 0.15) is 12.9 Å². The third kappa shape index (κ3) is 3.16. The van der Waals surface area contributed by atoms with Crippen LogP contribution in [0, 0.1) is 0 Å². The number of carbonyl (C=O) groups is 1. The third-order valence-electron chi connectivity index (χ3n) is 1.34. The zero-order valence-electron chi connectivity index (χ0n) is 7.56. The lowest BCUT2D eigenvalue weighted by Crippen LogP contribution is -2.09. The second kappa shape index (κ2) is 4.98. The van der Waals surface area contributed by atoms with E-state index < -0.39 is 0 Å². The van der Waals surface area contributed by atoms with Gasteiger partial charge in [0.05, 0.1) is 5.75 Å². The summed E-state index contributed by atoms with van der Waals surface area (Å²) in [6.07, 6.45) is 1.46. The minimum Gasteiger partial charge on any atom is -0.377 e. The number of methoxy groups -OCH3 is 1. The topological polar surface area (TPSA) is 57.0 Å². The molecule has 1 aromatic heterocycles. The van der Waals surface area contributed by atoms with Crippen molar-refractivity contribution in [2.24, 2.45) is 7.05 Å². The number of hydrogen-bond acceptors (Lipinski definition) is 5. The van der Waals surface area contributed by atoms with Gasteiger partial charge in [-0.15, -0.1) is 0 Å². The Morgan fingerprint density at radius 1 is 1.77 bits per heavy atom. The first-order chi connectivity index (χ1) is 6.24. The van der Waals surface area contributed by atoms with Gasteiger partial charge in [0.25, 0.3) is 0 Å². The summed E-state index contributed by atoms with van der Waals surface area (Å²) in [6.45, 7) is 0.158. The van der Waals surface area contributed by atoms with Crippen molar-refractivity contribution in [3.63, 3.8) is 0 Å². The fourth-order valence-corrected chi connectivity index (χ4v) is 1.49. The molecule has 0 bridgehead atoms. The summed E-state index contributed by atoms with van der Waals surface area (Å²) in [5, 5.41) is 4.62. The first-order valence-electron chi connectivity index (χ1n) is 3.71. The van der Waals surface area contributed by atoms with Gasteiger partial charge in [0.2, 0.25) is 0 Å². The molecule has 1 heterocycles. The van der Waals surface area contributed by atoms with E-state index >= 15 is 0 Å². The molecule has 0 aliphatic rings. The lowest BCUT2D eigenvalue weighted by atomic mass is 10.5. The Morgan fingerprint density at radius 3 is 3.08 bits per heavy atom. The van der Waals surface area contributed by atoms with E-state index in [1.54, 1.807) is 11.7 Å². The summed E-state index contributed by atoms with van der Waals surface area (Å²) in [5.41, 5.74) is 0. The zero-order valence-corrected chi connectivity index (χ0v) is 8.37. The fourth-order valence-electron chi connectivity index (χ4n) is 0.764. The molecule has 0 atom stereocenters. The second-order valence-corrected chi connectivity index (χ2v) is 3.37. The van der Waals surface area contributed by atoms with Crippen molar-refractivity contribution in [2.45, 2.75) is 5.16 Å². The highest BCUT2D eigenvalue weighted by Gasteiger charge is 2.05. The van der Waals surface area contributed by atoms with E-state index in [0.29, 0.717) is 5.75 Å². The van der Waals surface area contributed by atoms with Crippen LogP contribution in [0.1, 0.15) is 0 Å². The molecule has 0 unspecified atom stereocenters. The quantitative estimate of drug-likeness (QED) is 0.633. The lowest BCUT2D eigenvalue weighted by Gasteiger charge is -1.98. The molecule has 5 nitrogen and oxygen atoms in total. The molecule has 0 fully saturated rings. The van der Waals surface area contributed by atoms with Gasteiger partial charge in [-0.25, -0.2) is 9.67 Å². The van der Waals surface area contributed by atoms with Gasteiger partial charge in [-0.2, -0.15) is 5.10 Å². The van der Waals surface area contributed by atoms with Crippen molar-refractivity contribution in [3.05, 3.63) is 6.33 Å². The van der Waals surface area contributed by atoms with Crippen molar-refractivity contribution < 1.29 is 9.53 Å². The fraction of sp³-hybridized carbons (Fsp3) is 0.571. The summed E-state index contributed by atoms with van der Waals surface area (Å²) in [6, 6.07) is 0. The van der Waals surface area contributed by atoms with Crippen LogP contribution in [-0.2, 0) is 16.6 Å². The Labute approximate surface area is 80.5 Å². The minimum absolute atomic E-state index is 0.0514. The molecule has 72 valence electrons. The van der Waals surface area contributed by atoms with Crippen LogP contribution in [0.2, 0.25) is 0 Å². The van der Waals surface area contributed by atoms with Crippen molar-refractivity contribution >= 4 is 17.5 Å². The van der Waals surface area contributed by atoms with Gasteiger partial charge in [-0.05, 0) is 0 Å². The van der Waals surface area contributed by atoms with E-state index in [1.165, 1.54) is 25.2 Å². The highest BCUT2D eigenvalue weighted by molar-refractivity contribution is 7.99. The number of rotatable bonds is 5. The number of aryl methyl sites for hydroxylation is 1. The molecule has 6 heteroatoms. The molecule has 13 heavy (non-hydrogen) atoms. The number of ketones is 1. The summed E-state index contributed by atoms with van der Waals surface area (Å²) < 4.78 is 6.33. The van der Waals surface area contributed by atoms with E-state index in [1.807, 2.05) is 0 Å². The maximum absolute atomic E-state index is 11.0. The van der Waals surface area contributed by atoms with Gasteiger partial charge in [-0.3, -0.25) is 4.79 Å². The van der Waals surface area contributed by atoms with E-state index in [-0.39, 0.29) is 12.4 Å². The Bertz CT molecular complexity index is 287. The van der Waals surface area contributed by atoms with Gasteiger partial charge in [0, 0.05) is 14.2 Å². The zero-order chi connectivity index (χ0) is 9.68. The highest BCUT2D eigenvalue weighted by Crippen LogP contribution is 2.12. The number of nitrogens with zero attached hydrogens (tertiary/aromatic N) is 3. The van der Waals surface area contributed by atoms with Crippen molar-refractivity contribution in [3.8, 4) is 0 Å². The maximum Gasteiger partial charge on any atom is 0.186 e. The van der Waals surface area contributed by atoms with Crippen LogP contribution in [0.5, 0.6) is 0 Å². The van der Waals surface area contributed by atoms with Gasteiger partial charge < -0.3 is 4.74 Å². The summed E-state index contributed by atoms with van der Waals surface area (Å²) >= 11 is 1.36. The Kier molecular flexibility index (Phi) is 3.91. The molecule has 0 radical (unpaired) electrons. The van der Waals surface area contributed by atoms with Crippen LogP contribution in [0.15, 0.2) is 11.5 Å². The van der Waals surface area contributed by atoms with Crippen LogP contribution < -0.4 is 0 Å². The molecular weight excluding hydrogens is 190 g/mol. The van der Waals surface area contributed by atoms with Crippen LogP contribution in [-0.4, -0.2) is 40.0 Å². The summed E-state index contributed by atoms with van der Waals surface area (Å²) in [7, 11) is 3.29. The van der Waals surface area contributed by atoms with Crippen LogP contribution in [0.4, 0.5) is 0 Å². The predicted molar refractivity (Wildman–Crippen MR) is 48.6 cm³/mol. The van der Waals surface area contributed by atoms with Crippen LogP contribution in [0.3, 0.4) is 0 Å². The Morgan fingerprint density at radius 2 is 2.54 bits per heavy atom. The van der Waals surface area contributed by atoms with E-state index in [2.05, 4.69) is 10.1 Å². The van der Waals surface area contributed by atoms with Gasteiger partial charge in [0.15, 0.2) is 10.9 Å². The van der Waals surface area contributed by atoms with E-state index in [4.69, 9.17) is 4.74 Å². The average Bonchev–Trinajstić information content (AvgIpc) is 2.48. The van der Waals surface area contributed by atoms with Crippen molar-refractivity contribution in [2.75, 3.05) is 19.5 Å². The number of hydrogen-bond donors (Lipinski definition) is 0. The molecule has 0 aliphatic heterocycles. The highest BCUT2D eigenvalue weighted by atomic mass is 32.2. The van der Waals surface area contributed by atoms with Crippen LogP contribution in [0.25, 0.3) is 0 Å². The van der Waals surface area contributed by atoms with Gasteiger partial charge >= 0.3 is 0 Å². The molecule has 0 N–H and O–H groups in total. The molecule has 1 rings (SSSR count). The molecule has 0 aliphatic carbocycles. The smallest absolute Gasteiger partial charge is 0.186 e. The molecule has 0 aromatic carbocycles. The SMILES string of the molecule is COCC(=O)CSc1ncnn1C. The molecule has 0 saturated heterocycles. The molecule has 0 amide bonds. The Hall–Kier alpha value is -0.880. The predicted octanol–water partition coefficient (Wildman–Crippen LogP) is 0.123. The van der Waals surface area contributed by atoms with Crippen LogP contribution >= 0.6 is 11.8 Å². The number of aromatic nitrogens is 3. The molecule has 0 spiro atoms. The number of Topliss-reactive ketones (excluding diaryl/α,β-unsaturated/α-hetero) is 1. The first kappa shape index (κ1) is 10.2. The minimum atomic E-state index is 0.0514. The number of carbonyl (C=O) groups excluding carboxylic acids is 1. The lowest BCUT2D eigenvalue weighted by molar-refractivity contribution is -0.120. The second-order valence-electron chi connectivity index (χ2n) is 2.43.